The number of likely N-dealkylation sites (N-methyl/N-ethyl adjacent to an activating group) is 2. The summed E-state index contributed by atoms with van der Waals surface area (Å²) in [4.78, 5) is 114. The number of aryl methyl sites for hydroxylation is 1. The Morgan fingerprint density at radius 3 is 1.68 bits per heavy atom. The number of nitrogens with one attached hydrogen (secondary N) is 5. The van der Waals surface area contributed by atoms with Gasteiger partial charge in [0.05, 0.1) is 25.7 Å². The van der Waals surface area contributed by atoms with Crippen molar-refractivity contribution in [3.05, 3.63) is 35.4 Å². The largest absolute Gasteiger partial charge is 0.347 e. The fourth-order valence-electron chi connectivity index (χ4n) is 9.86. The zero-order valence-corrected chi connectivity index (χ0v) is 40.0. The van der Waals surface area contributed by atoms with Crippen molar-refractivity contribution in [1.29, 1.82) is 0 Å². The summed E-state index contributed by atoms with van der Waals surface area (Å²) in [5.74, 6) is -1.61. The van der Waals surface area contributed by atoms with Gasteiger partial charge in [0.25, 0.3) is 0 Å². The van der Waals surface area contributed by atoms with Crippen molar-refractivity contribution in [1.82, 2.24) is 46.2 Å². The highest BCUT2D eigenvalue weighted by atomic mass is 16.2. The smallest absolute Gasteiger partial charge is 0.246 e. The van der Waals surface area contributed by atoms with Crippen molar-refractivity contribution in [3.63, 3.8) is 0 Å². The summed E-state index contributed by atoms with van der Waals surface area (Å²) < 4.78 is 0. The number of amides is 7. The molecule has 2 aliphatic carbocycles. The van der Waals surface area contributed by atoms with Gasteiger partial charge in [-0.2, -0.15) is 0 Å². The molecular formula is C48H75N9O8. The molecule has 5 atom stereocenters. The Labute approximate surface area is 385 Å². The van der Waals surface area contributed by atoms with Crippen LogP contribution in [0.3, 0.4) is 0 Å². The molecule has 2 heterocycles. The molecule has 17 heteroatoms. The third kappa shape index (κ3) is 13.4. The lowest BCUT2D eigenvalue weighted by atomic mass is 9.78. The van der Waals surface area contributed by atoms with Crippen LogP contribution in [0, 0.1) is 22.7 Å². The molecule has 2 aliphatic heterocycles. The predicted molar refractivity (Wildman–Crippen MR) is 246 cm³/mol. The molecule has 2 saturated heterocycles. The van der Waals surface area contributed by atoms with Gasteiger partial charge in [0.1, 0.15) is 30.5 Å². The van der Waals surface area contributed by atoms with E-state index in [-0.39, 0.29) is 112 Å². The average molecular weight is 906 g/mol. The Balaban J connectivity index is 1.18. The first-order chi connectivity index (χ1) is 30.7. The van der Waals surface area contributed by atoms with Gasteiger partial charge in [-0.1, -0.05) is 65.8 Å². The van der Waals surface area contributed by atoms with Gasteiger partial charge in [0, 0.05) is 45.6 Å². The van der Waals surface area contributed by atoms with Crippen LogP contribution in [0.5, 0.6) is 0 Å². The van der Waals surface area contributed by atoms with Gasteiger partial charge >= 0.3 is 0 Å². The van der Waals surface area contributed by atoms with Gasteiger partial charge < -0.3 is 51.0 Å². The zero-order valence-electron chi connectivity index (χ0n) is 40.0. The van der Waals surface area contributed by atoms with Crippen LogP contribution in [-0.4, -0.2) is 158 Å². The topological polar surface area (TPSA) is 210 Å². The van der Waals surface area contributed by atoms with Gasteiger partial charge in [-0.25, -0.2) is 0 Å². The summed E-state index contributed by atoms with van der Waals surface area (Å²) in [5, 5.41) is 14.5. The van der Waals surface area contributed by atoms with E-state index in [1.807, 2.05) is 59.7 Å². The van der Waals surface area contributed by atoms with E-state index in [1.54, 1.807) is 28.8 Å². The maximum Gasteiger partial charge on any atom is 0.246 e. The molecule has 4 aliphatic rings. The molecule has 1 aromatic rings. The zero-order chi connectivity index (χ0) is 47.6. The molecule has 17 nitrogen and oxygen atoms in total. The van der Waals surface area contributed by atoms with E-state index >= 15 is 0 Å². The van der Waals surface area contributed by atoms with Crippen LogP contribution in [0.4, 0.5) is 0 Å². The van der Waals surface area contributed by atoms with Gasteiger partial charge in [-0.05, 0) is 92.8 Å². The third-order valence-corrected chi connectivity index (χ3v) is 13.6. The first-order valence-electron chi connectivity index (χ1n) is 23.6. The minimum Gasteiger partial charge on any atom is -0.347 e. The Morgan fingerprint density at radius 1 is 0.677 bits per heavy atom. The van der Waals surface area contributed by atoms with Gasteiger partial charge in [0.15, 0.2) is 0 Å². The lowest BCUT2D eigenvalue weighted by molar-refractivity contribution is -0.152. The first kappa shape index (κ1) is 51.1. The number of aldehydes is 1. The summed E-state index contributed by atoms with van der Waals surface area (Å²) in [6.07, 6.45) is 6.98. The number of benzene rings is 1. The van der Waals surface area contributed by atoms with Crippen molar-refractivity contribution in [2.45, 2.75) is 130 Å². The molecule has 0 radical (unpaired) electrons. The molecule has 7 amide bonds. The lowest BCUT2D eigenvalue weighted by Gasteiger charge is -2.44. The summed E-state index contributed by atoms with van der Waals surface area (Å²) in [7, 11) is 3.30. The summed E-state index contributed by atoms with van der Waals surface area (Å²) >= 11 is 0. The minimum atomic E-state index is -0.954. The van der Waals surface area contributed by atoms with Crippen molar-refractivity contribution in [3.8, 4) is 0 Å². The van der Waals surface area contributed by atoms with E-state index in [0.717, 1.165) is 50.5 Å². The molecule has 0 spiro atoms. The fraction of sp³-hybridized carbons (Fsp3) is 0.708. The summed E-state index contributed by atoms with van der Waals surface area (Å²) in [5.41, 5.74) is 0.991. The fourth-order valence-corrected chi connectivity index (χ4v) is 9.86. The van der Waals surface area contributed by atoms with Crippen molar-refractivity contribution >= 4 is 47.6 Å². The first-order valence-corrected chi connectivity index (χ1v) is 23.6. The molecule has 5 N–H and O–H groups in total. The summed E-state index contributed by atoms with van der Waals surface area (Å²) in [6, 6.07) is 4.33. The molecule has 0 aromatic heterocycles. The maximum atomic E-state index is 14.4. The minimum absolute atomic E-state index is 0.0355. The van der Waals surface area contributed by atoms with E-state index < -0.39 is 35.0 Å². The number of hydrogen-bond acceptors (Lipinski definition) is 10. The van der Waals surface area contributed by atoms with Crippen LogP contribution >= 0.6 is 0 Å². The van der Waals surface area contributed by atoms with E-state index in [9.17, 15) is 38.4 Å². The maximum absolute atomic E-state index is 14.4. The lowest BCUT2D eigenvalue weighted by Crippen LogP contribution is -2.66. The van der Waals surface area contributed by atoms with Gasteiger partial charge in [-0.3, -0.25) is 33.6 Å². The van der Waals surface area contributed by atoms with Crippen LogP contribution in [0.25, 0.3) is 0 Å². The van der Waals surface area contributed by atoms with Gasteiger partial charge in [0.2, 0.25) is 41.4 Å². The highest BCUT2D eigenvalue weighted by Crippen LogP contribution is 2.35. The Morgan fingerprint density at radius 2 is 1.17 bits per heavy atom. The number of hydrogen-bond donors (Lipinski definition) is 5. The number of fused-ring (bicyclic) bond motifs is 1. The van der Waals surface area contributed by atoms with E-state index in [2.05, 4.69) is 32.7 Å². The second kappa shape index (κ2) is 22.5. The molecule has 1 saturated carbocycles. The predicted octanol–water partition coefficient (Wildman–Crippen LogP) is 1.55. The molecule has 5 rings (SSSR count). The number of carbonyl (C=O) groups is 8. The second-order valence-corrected chi connectivity index (χ2v) is 20.7. The van der Waals surface area contributed by atoms with Crippen LogP contribution in [-0.2, 0) is 44.8 Å². The Kier molecular flexibility index (Phi) is 17.7. The quantitative estimate of drug-likeness (QED) is 0.161. The molecule has 0 bridgehead atoms. The highest BCUT2D eigenvalue weighted by molar-refractivity contribution is 5.94. The number of piperazine rings is 2. The van der Waals surface area contributed by atoms with E-state index in [4.69, 9.17) is 0 Å². The molecule has 1 aromatic carbocycles. The summed E-state index contributed by atoms with van der Waals surface area (Å²) in [6.45, 7) is 12.3. The average Bonchev–Trinajstić information content (AvgIpc) is 3.26. The van der Waals surface area contributed by atoms with Crippen molar-refractivity contribution in [2.24, 2.45) is 22.7 Å². The number of nitrogens with zero attached hydrogens (tertiary/aromatic N) is 4. The van der Waals surface area contributed by atoms with Crippen LogP contribution in [0.15, 0.2) is 24.3 Å². The third-order valence-electron chi connectivity index (χ3n) is 13.6. The molecule has 3 fully saturated rings. The van der Waals surface area contributed by atoms with E-state index in [1.165, 1.54) is 10.5 Å². The molecule has 360 valence electrons. The molecule has 65 heavy (non-hydrogen) atoms. The number of rotatable bonds is 15. The van der Waals surface area contributed by atoms with Crippen LogP contribution in [0.1, 0.15) is 110 Å². The SMILES string of the molecule is CNCC(=O)NC(C(=O)N1CCN(C(=O)CC2CCC(CC(=O)N3CCN(C(=O)C(NC(=O)CNC)C(C)(C)C)C(C(=O)NC4CCCc5ccccc54)C3)CC2)CC1C=O)C(C)(C)C. The molecular weight excluding hydrogens is 831 g/mol. The normalized spacial score (nSPS) is 23.7. The van der Waals surface area contributed by atoms with Gasteiger partial charge in [-0.15, -0.1) is 0 Å². The monoisotopic (exact) mass is 906 g/mol. The van der Waals surface area contributed by atoms with Crippen LogP contribution in [0.2, 0.25) is 0 Å². The highest BCUT2D eigenvalue weighted by Gasteiger charge is 2.45. The van der Waals surface area contributed by atoms with Crippen LogP contribution < -0.4 is 26.6 Å². The molecule has 5 unspecified atom stereocenters. The van der Waals surface area contributed by atoms with Crippen molar-refractivity contribution < 1.29 is 38.4 Å². The van der Waals surface area contributed by atoms with E-state index in [0.29, 0.717) is 19.1 Å². The second-order valence-electron chi connectivity index (χ2n) is 20.7. The van der Waals surface area contributed by atoms with Crippen molar-refractivity contribution in [2.75, 3.05) is 66.5 Å². The Hall–Kier alpha value is -4.90. The standard InChI is InChI=1S/C48H75N9O8/c1-47(2,3)42(52-38(59)26-49-7)45(64)56-22-20-54(28-34(56)30-58)40(61)24-31-16-18-32(19-17-31)25-41(62)55-21-23-57(46(65)43(48(4,5)6)53-39(60)27-50-8)37(29-55)44(63)51-36-15-11-13-33-12-9-10-14-35(33)36/h9-10,12,14,30-32,34,36-37,42-43,49-50H,11,13,15-29H2,1-8H3,(H,51,63)(H,52,59)(H,53,60). The number of carbonyl (C=O) groups excluding carboxylic acids is 8. The Bertz CT molecular complexity index is 1890.